The second kappa shape index (κ2) is 7.83. The number of fused-ring (bicyclic) bond motifs is 1. The number of anilines is 1. The lowest BCUT2D eigenvalue weighted by Gasteiger charge is -2.36. The summed E-state index contributed by atoms with van der Waals surface area (Å²) in [5.74, 6) is 1.83. The van der Waals surface area contributed by atoms with Crippen LogP contribution < -0.4 is 9.64 Å². The SMILES string of the molecule is COc1ccc(N2CCN(C(=O)CSc3nc4ncccn4n3)CC2)cc1. The number of rotatable bonds is 5. The Morgan fingerprint density at radius 3 is 2.67 bits per heavy atom. The molecule has 27 heavy (non-hydrogen) atoms. The van der Waals surface area contributed by atoms with Crippen LogP contribution in [0.2, 0.25) is 0 Å². The molecule has 1 saturated heterocycles. The number of ether oxygens (including phenoxy) is 1. The van der Waals surface area contributed by atoms with Gasteiger partial charge in [0.05, 0.1) is 12.9 Å². The summed E-state index contributed by atoms with van der Waals surface area (Å²) < 4.78 is 6.81. The third-order valence-electron chi connectivity index (χ3n) is 4.49. The van der Waals surface area contributed by atoms with E-state index >= 15 is 0 Å². The van der Waals surface area contributed by atoms with Crippen molar-refractivity contribution in [1.29, 1.82) is 0 Å². The number of benzene rings is 1. The summed E-state index contributed by atoms with van der Waals surface area (Å²) >= 11 is 1.35. The molecule has 0 saturated carbocycles. The summed E-state index contributed by atoms with van der Waals surface area (Å²) in [6.45, 7) is 3.07. The molecular weight excluding hydrogens is 364 g/mol. The van der Waals surface area contributed by atoms with Crippen molar-refractivity contribution in [1.82, 2.24) is 24.5 Å². The summed E-state index contributed by atoms with van der Waals surface area (Å²) in [5.41, 5.74) is 1.15. The fourth-order valence-electron chi connectivity index (χ4n) is 3.00. The minimum Gasteiger partial charge on any atom is -0.497 e. The summed E-state index contributed by atoms with van der Waals surface area (Å²) in [6, 6.07) is 9.81. The van der Waals surface area contributed by atoms with Crippen molar-refractivity contribution in [3.05, 3.63) is 42.7 Å². The number of hydrogen-bond acceptors (Lipinski definition) is 7. The Morgan fingerprint density at radius 1 is 1.19 bits per heavy atom. The third-order valence-corrected chi connectivity index (χ3v) is 5.31. The molecule has 0 unspecified atom stereocenters. The van der Waals surface area contributed by atoms with Gasteiger partial charge in [-0.25, -0.2) is 9.50 Å². The van der Waals surface area contributed by atoms with Gasteiger partial charge in [0, 0.05) is 44.3 Å². The monoisotopic (exact) mass is 384 g/mol. The Morgan fingerprint density at radius 2 is 1.96 bits per heavy atom. The quantitative estimate of drug-likeness (QED) is 0.618. The molecule has 1 fully saturated rings. The van der Waals surface area contributed by atoms with Gasteiger partial charge in [-0.15, -0.1) is 5.10 Å². The average Bonchev–Trinajstić information content (AvgIpc) is 3.15. The van der Waals surface area contributed by atoms with E-state index in [1.54, 1.807) is 30.1 Å². The molecule has 9 heteroatoms. The Labute approximate surface area is 161 Å². The lowest BCUT2D eigenvalue weighted by atomic mass is 10.2. The molecule has 1 aliphatic rings. The van der Waals surface area contributed by atoms with Crippen LogP contribution >= 0.6 is 11.8 Å². The molecule has 0 radical (unpaired) electrons. The van der Waals surface area contributed by atoms with Crippen molar-refractivity contribution in [2.45, 2.75) is 5.16 Å². The van der Waals surface area contributed by atoms with Crippen molar-refractivity contribution < 1.29 is 9.53 Å². The van der Waals surface area contributed by atoms with Crippen LogP contribution in [0.3, 0.4) is 0 Å². The molecule has 0 atom stereocenters. The van der Waals surface area contributed by atoms with Crippen LogP contribution in [-0.2, 0) is 4.79 Å². The van der Waals surface area contributed by atoms with Crippen LogP contribution in [-0.4, -0.2) is 69.4 Å². The van der Waals surface area contributed by atoms with E-state index < -0.39 is 0 Å². The zero-order valence-corrected chi connectivity index (χ0v) is 15.8. The van der Waals surface area contributed by atoms with Gasteiger partial charge in [-0.2, -0.15) is 4.98 Å². The topological polar surface area (TPSA) is 75.9 Å². The van der Waals surface area contributed by atoms with Crippen LogP contribution in [0.15, 0.2) is 47.9 Å². The van der Waals surface area contributed by atoms with Crippen molar-refractivity contribution in [3.8, 4) is 5.75 Å². The van der Waals surface area contributed by atoms with E-state index in [4.69, 9.17) is 4.74 Å². The molecule has 140 valence electrons. The number of aromatic nitrogens is 4. The maximum atomic E-state index is 12.5. The number of piperazine rings is 1. The highest BCUT2D eigenvalue weighted by molar-refractivity contribution is 7.99. The molecule has 1 amide bonds. The number of hydrogen-bond donors (Lipinski definition) is 0. The van der Waals surface area contributed by atoms with Crippen molar-refractivity contribution >= 4 is 29.1 Å². The number of nitrogens with zero attached hydrogens (tertiary/aromatic N) is 6. The maximum Gasteiger partial charge on any atom is 0.253 e. The molecule has 0 N–H and O–H groups in total. The Hall–Kier alpha value is -2.81. The van der Waals surface area contributed by atoms with E-state index in [9.17, 15) is 4.79 Å². The molecule has 2 aromatic heterocycles. The summed E-state index contributed by atoms with van der Waals surface area (Å²) in [4.78, 5) is 25.1. The molecule has 0 spiro atoms. The number of carbonyl (C=O) groups excluding carboxylic acids is 1. The van der Waals surface area contributed by atoms with Crippen LogP contribution in [0.4, 0.5) is 5.69 Å². The molecule has 0 bridgehead atoms. The number of carbonyl (C=O) groups is 1. The van der Waals surface area contributed by atoms with E-state index in [-0.39, 0.29) is 5.91 Å². The molecule has 0 aliphatic carbocycles. The first-order valence-electron chi connectivity index (χ1n) is 8.70. The molecule has 3 heterocycles. The Kier molecular flexibility index (Phi) is 5.10. The third kappa shape index (κ3) is 3.97. The second-order valence-corrected chi connectivity index (χ2v) is 7.06. The van der Waals surface area contributed by atoms with Gasteiger partial charge in [-0.3, -0.25) is 4.79 Å². The predicted molar refractivity (Wildman–Crippen MR) is 103 cm³/mol. The van der Waals surface area contributed by atoms with E-state index in [2.05, 4.69) is 32.1 Å². The van der Waals surface area contributed by atoms with Crippen molar-refractivity contribution in [3.63, 3.8) is 0 Å². The zero-order chi connectivity index (χ0) is 18.6. The van der Waals surface area contributed by atoms with E-state index in [1.807, 2.05) is 17.0 Å². The highest BCUT2D eigenvalue weighted by Gasteiger charge is 2.22. The number of thioether (sulfide) groups is 1. The van der Waals surface area contributed by atoms with Crippen LogP contribution in [0, 0.1) is 0 Å². The lowest BCUT2D eigenvalue weighted by molar-refractivity contribution is -0.128. The molecule has 1 aromatic carbocycles. The average molecular weight is 384 g/mol. The van der Waals surface area contributed by atoms with Gasteiger partial charge >= 0.3 is 0 Å². The highest BCUT2D eigenvalue weighted by Crippen LogP contribution is 2.21. The largest absolute Gasteiger partial charge is 0.497 e. The van der Waals surface area contributed by atoms with E-state index in [0.29, 0.717) is 29.8 Å². The number of amides is 1. The summed E-state index contributed by atoms with van der Waals surface area (Å²) in [6.07, 6.45) is 3.46. The van der Waals surface area contributed by atoms with Gasteiger partial charge in [0.25, 0.3) is 5.78 Å². The standard InChI is InChI=1S/C18H20N6O2S/c1-26-15-5-3-14(4-6-15)22-9-11-23(12-10-22)16(25)13-27-18-20-17-19-7-2-8-24(17)21-18/h2-8H,9-13H2,1H3. The Balaban J connectivity index is 1.29. The summed E-state index contributed by atoms with van der Waals surface area (Å²) in [5, 5.41) is 4.88. The van der Waals surface area contributed by atoms with Crippen LogP contribution in [0.25, 0.3) is 5.78 Å². The van der Waals surface area contributed by atoms with Crippen molar-refractivity contribution in [2.24, 2.45) is 0 Å². The lowest BCUT2D eigenvalue weighted by Crippen LogP contribution is -2.49. The minimum absolute atomic E-state index is 0.112. The zero-order valence-electron chi connectivity index (χ0n) is 15.0. The summed E-state index contributed by atoms with van der Waals surface area (Å²) in [7, 11) is 1.66. The molecule has 8 nitrogen and oxygen atoms in total. The fourth-order valence-corrected chi connectivity index (χ4v) is 3.73. The smallest absolute Gasteiger partial charge is 0.253 e. The Bertz CT molecular complexity index is 888. The van der Waals surface area contributed by atoms with Crippen LogP contribution in [0.1, 0.15) is 0 Å². The van der Waals surface area contributed by atoms with Crippen LogP contribution in [0.5, 0.6) is 5.75 Å². The second-order valence-electron chi connectivity index (χ2n) is 6.11. The number of methoxy groups -OCH3 is 1. The van der Waals surface area contributed by atoms with E-state index in [1.165, 1.54) is 11.8 Å². The van der Waals surface area contributed by atoms with Gasteiger partial charge < -0.3 is 14.5 Å². The van der Waals surface area contributed by atoms with Crippen molar-refractivity contribution in [2.75, 3.05) is 43.9 Å². The van der Waals surface area contributed by atoms with Gasteiger partial charge in [0.1, 0.15) is 5.75 Å². The predicted octanol–water partition coefficient (Wildman–Crippen LogP) is 1.57. The molecule has 3 aromatic rings. The molecular formula is C18H20N6O2S. The fraction of sp³-hybridized carbons (Fsp3) is 0.333. The van der Waals surface area contributed by atoms with Gasteiger partial charge in [0.15, 0.2) is 0 Å². The van der Waals surface area contributed by atoms with Gasteiger partial charge in [0.2, 0.25) is 11.1 Å². The van der Waals surface area contributed by atoms with Gasteiger partial charge in [-0.1, -0.05) is 11.8 Å². The normalized spacial score (nSPS) is 14.6. The first kappa shape index (κ1) is 17.6. The van der Waals surface area contributed by atoms with Gasteiger partial charge in [-0.05, 0) is 30.3 Å². The first-order valence-corrected chi connectivity index (χ1v) is 9.68. The molecule has 1 aliphatic heterocycles. The first-order chi connectivity index (χ1) is 13.2. The molecule has 4 rings (SSSR count). The maximum absolute atomic E-state index is 12.5. The minimum atomic E-state index is 0.112. The highest BCUT2D eigenvalue weighted by atomic mass is 32.2. The van der Waals surface area contributed by atoms with E-state index in [0.717, 1.165) is 24.5 Å².